The number of rotatable bonds is 22. The number of aliphatic imine (C=N–C) groups is 1. The normalized spacial score (nSPS) is 17.5. The van der Waals surface area contributed by atoms with E-state index >= 15 is 0 Å². The van der Waals surface area contributed by atoms with Crippen LogP contribution in [0.1, 0.15) is 99.2 Å². The Balaban J connectivity index is 0.733. The SMILES string of the molecule is C=C(C)[C@H](NC(=O)CCCCCN1C(=O)C=CC1=O)C(=O)N[C@@H](C)C(=O)Nc1ccc(COC(=O)N2c3cc(OCc4cccc(COc5cc6c(cc5OC)C(=O)N5Cc7ccccc7C[C@H]5C=N6)c4)c(OC)cc3C(=O)N3Cc4ccccc4CC3C2O)cc1. The number of carbonyl (C=O) groups is 8. The van der Waals surface area contributed by atoms with E-state index in [1.807, 2.05) is 77.8 Å². The number of ether oxygens (including phenoxy) is 5. The number of nitrogens with zero attached hydrogens (tertiary/aromatic N) is 5. The van der Waals surface area contributed by atoms with Gasteiger partial charge in [0, 0.05) is 62.2 Å². The molecule has 0 saturated carbocycles. The fourth-order valence-electron chi connectivity index (χ4n) is 11.9. The molecule has 5 aliphatic rings. The number of nitrogens with one attached hydrogen (secondary N) is 3. The van der Waals surface area contributed by atoms with E-state index in [1.54, 1.807) is 48.2 Å². The van der Waals surface area contributed by atoms with Gasteiger partial charge in [0.25, 0.3) is 23.6 Å². The third kappa shape index (κ3) is 13.7. The summed E-state index contributed by atoms with van der Waals surface area (Å²) in [5, 5.41) is 20.4. The Morgan fingerprint density at radius 2 is 1.26 bits per heavy atom. The van der Waals surface area contributed by atoms with Gasteiger partial charge in [-0.15, -0.1) is 0 Å². The number of hydrogen-bond donors (Lipinski definition) is 4. The van der Waals surface area contributed by atoms with Crippen LogP contribution >= 0.6 is 0 Å². The van der Waals surface area contributed by atoms with Crippen molar-refractivity contribution in [1.29, 1.82) is 0 Å². The number of hydrogen-bond acceptors (Lipinski definition) is 15. The van der Waals surface area contributed by atoms with E-state index in [-0.39, 0.29) is 92.3 Å². The van der Waals surface area contributed by atoms with Crippen molar-refractivity contribution in [2.45, 2.75) is 116 Å². The molecule has 22 nitrogen and oxygen atoms in total. The predicted octanol–water partition coefficient (Wildman–Crippen LogP) is 8.18. The summed E-state index contributed by atoms with van der Waals surface area (Å²) in [5.74, 6) is -1.78. The van der Waals surface area contributed by atoms with Crippen molar-refractivity contribution in [3.05, 3.63) is 196 Å². The zero-order valence-electron chi connectivity index (χ0n) is 51.3. The van der Waals surface area contributed by atoms with E-state index < -0.39 is 54.1 Å². The number of imide groups is 1. The van der Waals surface area contributed by atoms with Gasteiger partial charge in [-0.3, -0.25) is 43.5 Å². The van der Waals surface area contributed by atoms with Crippen LogP contribution in [0, 0.1) is 0 Å². The zero-order valence-corrected chi connectivity index (χ0v) is 51.3. The molecule has 92 heavy (non-hydrogen) atoms. The lowest BCUT2D eigenvalue weighted by molar-refractivity contribution is -0.137. The van der Waals surface area contributed by atoms with Crippen molar-refractivity contribution in [1.82, 2.24) is 25.3 Å². The maximum absolute atomic E-state index is 14.8. The number of benzene rings is 6. The molecule has 6 aromatic rings. The second kappa shape index (κ2) is 27.6. The number of methoxy groups -OCH3 is 2. The van der Waals surface area contributed by atoms with Crippen LogP contribution in [0.2, 0.25) is 0 Å². The van der Waals surface area contributed by atoms with Gasteiger partial charge in [-0.2, -0.15) is 0 Å². The first-order valence-corrected chi connectivity index (χ1v) is 30.3. The molecule has 11 rings (SSSR count). The van der Waals surface area contributed by atoms with Crippen molar-refractivity contribution in [3.8, 4) is 23.0 Å². The topological polar surface area (TPSA) is 264 Å². The molecule has 0 aromatic heterocycles. The molecule has 5 atom stereocenters. The van der Waals surface area contributed by atoms with Crippen LogP contribution < -0.4 is 39.8 Å². The summed E-state index contributed by atoms with van der Waals surface area (Å²) in [6.07, 6.45) is 4.24. The second-order valence-corrected chi connectivity index (χ2v) is 23.2. The Hall–Kier alpha value is -10.6. The van der Waals surface area contributed by atoms with Gasteiger partial charge >= 0.3 is 6.09 Å². The summed E-state index contributed by atoms with van der Waals surface area (Å²) < 4.78 is 30.3. The first kappa shape index (κ1) is 63.0. The quantitative estimate of drug-likeness (QED) is 0.0284. The maximum atomic E-state index is 14.8. The molecule has 6 aromatic carbocycles. The highest BCUT2D eigenvalue weighted by atomic mass is 16.6. The molecule has 22 heteroatoms. The van der Waals surface area contributed by atoms with Crippen LogP contribution in [0.5, 0.6) is 23.0 Å². The third-order valence-corrected chi connectivity index (χ3v) is 16.9. The van der Waals surface area contributed by atoms with Crippen molar-refractivity contribution >= 4 is 70.7 Å². The molecule has 5 heterocycles. The molecular formula is C70H70N8O14. The number of fused-ring (bicyclic) bond motifs is 6. The van der Waals surface area contributed by atoms with Crippen molar-refractivity contribution < 1.29 is 67.1 Å². The third-order valence-electron chi connectivity index (χ3n) is 16.9. The lowest BCUT2D eigenvalue weighted by Crippen LogP contribution is -2.55. The molecule has 2 unspecified atom stereocenters. The number of aliphatic hydroxyl groups excluding tert-OH is 1. The highest BCUT2D eigenvalue weighted by Crippen LogP contribution is 2.43. The van der Waals surface area contributed by atoms with Crippen molar-refractivity contribution in [3.63, 3.8) is 0 Å². The molecule has 0 aliphatic carbocycles. The second-order valence-electron chi connectivity index (χ2n) is 23.2. The monoisotopic (exact) mass is 1250 g/mol. The Kier molecular flexibility index (Phi) is 18.9. The molecule has 0 spiro atoms. The van der Waals surface area contributed by atoms with Crippen molar-refractivity contribution in [2.75, 3.05) is 31.0 Å². The highest BCUT2D eigenvalue weighted by Gasteiger charge is 2.46. The summed E-state index contributed by atoms with van der Waals surface area (Å²) in [6.45, 7) is 7.65. The van der Waals surface area contributed by atoms with Gasteiger partial charge in [-0.25, -0.2) is 9.69 Å². The van der Waals surface area contributed by atoms with Gasteiger partial charge in [-0.1, -0.05) is 91.9 Å². The van der Waals surface area contributed by atoms with Crippen LogP contribution in [0.25, 0.3) is 0 Å². The molecule has 0 saturated heterocycles. The predicted molar refractivity (Wildman–Crippen MR) is 339 cm³/mol. The van der Waals surface area contributed by atoms with Crippen LogP contribution in [-0.4, -0.2) is 125 Å². The zero-order chi connectivity index (χ0) is 64.7. The summed E-state index contributed by atoms with van der Waals surface area (Å²) >= 11 is 0. The van der Waals surface area contributed by atoms with Crippen molar-refractivity contribution in [2.24, 2.45) is 4.99 Å². The van der Waals surface area contributed by atoms with Crippen LogP contribution in [0.3, 0.4) is 0 Å². The van der Waals surface area contributed by atoms with Gasteiger partial charge < -0.3 is 54.5 Å². The Morgan fingerprint density at radius 1 is 0.652 bits per heavy atom. The summed E-state index contributed by atoms with van der Waals surface area (Å²) in [4.78, 5) is 117. The average molecular weight is 1250 g/mol. The molecule has 0 bridgehead atoms. The van der Waals surface area contributed by atoms with Crippen LogP contribution in [0.4, 0.5) is 21.9 Å². The highest BCUT2D eigenvalue weighted by molar-refractivity contribution is 6.13. The van der Waals surface area contributed by atoms with E-state index in [4.69, 9.17) is 28.7 Å². The molecule has 4 N–H and O–H groups in total. The molecule has 0 fully saturated rings. The molecule has 8 amide bonds. The minimum absolute atomic E-state index is 0.00609. The van der Waals surface area contributed by atoms with Gasteiger partial charge in [0.15, 0.2) is 29.2 Å². The smallest absolute Gasteiger partial charge is 0.416 e. The Morgan fingerprint density at radius 3 is 1.91 bits per heavy atom. The van der Waals surface area contributed by atoms with Gasteiger partial charge in [0.2, 0.25) is 17.7 Å². The lowest BCUT2D eigenvalue weighted by Gasteiger charge is -2.39. The van der Waals surface area contributed by atoms with Crippen LogP contribution in [-0.2, 0) is 74.5 Å². The summed E-state index contributed by atoms with van der Waals surface area (Å²) in [5.41, 5.74) is 7.84. The van der Waals surface area contributed by atoms with E-state index in [1.165, 1.54) is 51.0 Å². The van der Waals surface area contributed by atoms with E-state index in [2.05, 4.69) is 28.6 Å². The first-order valence-electron chi connectivity index (χ1n) is 30.3. The minimum atomic E-state index is -1.59. The standard InChI is InChI=1S/C70H70N8O14/c1-41(2)64(74-61(79)20-7-6-12-27-75-62(80)25-26-63(75)81)66(83)72-42(3)65(82)73-50-23-21-43(22-24-50)38-92-70(87)78-55-34-60(58(89-5)32-53(55)68(85)77-37-49-19-11-9-17-47(49)30-56(77)69(78)86)91-40-45-15-13-14-44(28-45)39-90-59-33-54-52(31-57(59)88-4)67(84)76-36-48-18-10-8-16-46(48)29-51(76)35-71-54/h8-11,13-19,21-26,28,31-35,42,51,56,64,69,86H,1,6-7,12,20,27,29-30,36-40H2,2-5H3,(H,72,83)(H,73,82)(H,74,79)/t42-,51-,56?,64-,69?/m0/s1. The lowest BCUT2D eigenvalue weighted by atomic mass is 9.93. The number of unbranched alkanes of at least 4 members (excludes halogenated alkanes) is 2. The fraction of sp³-hybridized carbons (Fsp3) is 0.300. The molecule has 0 radical (unpaired) electrons. The minimum Gasteiger partial charge on any atom is -0.493 e. The first-order chi connectivity index (χ1) is 44.4. The Bertz CT molecular complexity index is 3960. The van der Waals surface area contributed by atoms with E-state index in [9.17, 15) is 43.5 Å². The largest absolute Gasteiger partial charge is 0.493 e. The fourth-order valence-corrected chi connectivity index (χ4v) is 11.9. The number of carbonyl (C=O) groups excluding carboxylic acids is 8. The van der Waals surface area contributed by atoms with Gasteiger partial charge in [0.1, 0.15) is 31.9 Å². The van der Waals surface area contributed by atoms with E-state index in [0.29, 0.717) is 71.8 Å². The average Bonchev–Trinajstić information content (AvgIpc) is 1.58. The Labute approximate surface area is 531 Å². The molecule has 5 aliphatic heterocycles. The number of anilines is 2. The molecule has 474 valence electrons. The maximum Gasteiger partial charge on any atom is 0.416 e. The van der Waals surface area contributed by atoms with Gasteiger partial charge in [0.05, 0.1) is 48.8 Å². The van der Waals surface area contributed by atoms with E-state index in [0.717, 1.165) is 37.6 Å². The van der Waals surface area contributed by atoms with Crippen LogP contribution in [0.15, 0.2) is 151 Å². The van der Waals surface area contributed by atoms with Gasteiger partial charge in [-0.05, 0) is 114 Å². The number of amides is 8. The number of aliphatic hydroxyl groups is 1. The summed E-state index contributed by atoms with van der Waals surface area (Å²) in [7, 11) is 2.96. The molecular weight excluding hydrogens is 1180 g/mol. The summed E-state index contributed by atoms with van der Waals surface area (Å²) in [6, 6.07) is 32.8.